The number of anilines is 1. The molecule has 0 bridgehead atoms. The molecule has 1 N–H and O–H groups in total. The minimum absolute atomic E-state index is 0.115. The number of amides is 1. The largest absolute Gasteiger partial charge is 0.444 e. The number of nitrogens with zero attached hydrogens (tertiary/aromatic N) is 1. The van der Waals surface area contributed by atoms with E-state index >= 15 is 0 Å². The maximum absolute atomic E-state index is 13.3. The molecule has 2 aromatic carbocycles. The Kier molecular flexibility index (Phi) is 5.60. The van der Waals surface area contributed by atoms with Crippen LogP contribution in [0.4, 0.5) is 10.1 Å². The molecule has 3 rings (SSSR count). The van der Waals surface area contributed by atoms with Crippen LogP contribution in [0, 0.1) is 19.7 Å². The van der Waals surface area contributed by atoms with Crippen LogP contribution >= 0.6 is 0 Å². The van der Waals surface area contributed by atoms with Crippen molar-refractivity contribution in [2.45, 2.75) is 19.6 Å². The van der Waals surface area contributed by atoms with Gasteiger partial charge in [0.1, 0.15) is 17.8 Å². The van der Waals surface area contributed by atoms with Crippen LogP contribution in [-0.4, -0.2) is 25.1 Å². The fourth-order valence-corrected chi connectivity index (χ4v) is 3.95. The quantitative estimate of drug-likeness (QED) is 0.680. The van der Waals surface area contributed by atoms with Crippen molar-refractivity contribution in [3.63, 3.8) is 0 Å². The lowest BCUT2D eigenvalue weighted by Gasteiger charge is -2.11. The van der Waals surface area contributed by atoms with Gasteiger partial charge in [0.05, 0.1) is 11.4 Å². The normalized spacial score (nSPS) is 11.4. The van der Waals surface area contributed by atoms with Gasteiger partial charge in [-0.15, -0.1) is 0 Å². The van der Waals surface area contributed by atoms with Crippen molar-refractivity contribution in [2.24, 2.45) is 0 Å². The lowest BCUT2D eigenvalue weighted by molar-refractivity contribution is -0.113. The van der Waals surface area contributed by atoms with Crippen molar-refractivity contribution in [2.75, 3.05) is 11.1 Å². The van der Waals surface area contributed by atoms with E-state index in [-0.39, 0.29) is 11.6 Å². The Hall–Kier alpha value is -3.00. The molecule has 0 aliphatic carbocycles. The fraction of sp³-hybridized carbons (Fsp3) is 0.200. The van der Waals surface area contributed by atoms with Crippen LogP contribution in [0.5, 0.6) is 0 Å². The van der Waals surface area contributed by atoms with Crippen molar-refractivity contribution < 1.29 is 22.0 Å². The summed E-state index contributed by atoms with van der Waals surface area (Å²) in [6.07, 6.45) is 1.20. The Bertz CT molecular complexity index is 1100. The summed E-state index contributed by atoms with van der Waals surface area (Å²) in [6.45, 7) is 3.67. The molecular weight excluding hydrogens is 383 g/mol. The smallest absolute Gasteiger partial charge is 0.239 e. The number of para-hydroxylation sites is 1. The molecule has 1 aromatic heterocycles. The average Bonchev–Trinajstić information content (AvgIpc) is 3.05. The van der Waals surface area contributed by atoms with E-state index in [4.69, 9.17) is 4.42 Å². The summed E-state index contributed by atoms with van der Waals surface area (Å²) in [6, 6.07) is 11.2. The number of aryl methyl sites for hydroxylation is 2. The highest BCUT2D eigenvalue weighted by molar-refractivity contribution is 7.91. The zero-order valence-electron chi connectivity index (χ0n) is 15.4. The van der Waals surface area contributed by atoms with E-state index in [0.29, 0.717) is 11.3 Å². The SMILES string of the molecule is Cc1cccc(C)c1NC(=O)CS(=O)(=O)Cc1coc(-c2cccc(F)c2)n1. The van der Waals surface area contributed by atoms with E-state index in [0.717, 1.165) is 11.1 Å². The third-order valence-electron chi connectivity index (χ3n) is 4.09. The first kappa shape index (κ1) is 19.8. The molecule has 3 aromatic rings. The number of oxazole rings is 1. The van der Waals surface area contributed by atoms with Gasteiger partial charge in [-0.25, -0.2) is 17.8 Å². The molecule has 146 valence electrons. The number of sulfone groups is 1. The summed E-state index contributed by atoms with van der Waals surface area (Å²) in [5, 5.41) is 2.65. The monoisotopic (exact) mass is 402 g/mol. The summed E-state index contributed by atoms with van der Waals surface area (Å²) >= 11 is 0. The van der Waals surface area contributed by atoms with Gasteiger partial charge >= 0.3 is 0 Å². The summed E-state index contributed by atoms with van der Waals surface area (Å²) in [4.78, 5) is 16.3. The maximum atomic E-state index is 13.3. The topological polar surface area (TPSA) is 89.3 Å². The number of rotatable bonds is 6. The highest BCUT2D eigenvalue weighted by atomic mass is 32.2. The predicted molar refractivity (Wildman–Crippen MR) is 104 cm³/mol. The Morgan fingerprint density at radius 3 is 2.50 bits per heavy atom. The molecule has 6 nitrogen and oxygen atoms in total. The highest BCUT2D eigenvalue weighted by Crippen LogP contribution is 2.21. The number of halogens is 1. The van der Waals surface area contributed by atoms with E-state index in [9.17, 15) is 17.6 Å². The minimum atomic E-state index is -3.77. The first-order chi connectivity index (χ1) is 13.2. The van der Waals surface area contributed by atoms with Gasteiger partial charge in [0.25, 0.3) is 0 Å². The Balaban J connectivity index is 1.68. The van der Waals surface area contributed by atoms with Crippen LogP contribution in [0.3, 0.4) is 0 Å². The molecule has 8 heteroatoms. The van der Waals surface area contributed by atoms with E-state index in [1.807, 2.05) is 32.0 Å². The van der Waals surface area contributed by atoms with Gasteiger partial charge in [0, 0.05) is 11.3 Å². The van der Waals surface area contributed by atoms with Crippen molar-refractivity contribution in [3.05, 3.63) is 71.4 Å². The van der Waals surface area contributed by atoms with Gasteiger partial charge in [-0.2, -0.15) is 0 Å². The highest BCUT2D eigenvalue weighted by Gasteiger charge is 2.21. The lowest BCUT2D eigenvalue weighted by atomic mass is 10.1. The number of nitrogens with one attached hydrogen (secondary N) is 1. The molecule has 0 fully saturated rings. The van der Waals surface area contributed by atoms with Crippen molar-refractivity contribution in [1.29, 1.82) is 0 Å². The number of carbonyl (C=O) groups is 1. The van der Waals surface area contributed by atoms with Gasteiger partial charge in [0.15, 0.2) is 9.84 Å². The molecule has 0 spiro atoms. The third-order valence-corrected chi connectivity index (χ3v) is 5.53. The molecule has 0 aliphatic heterocycles. The second-order valence-corrected chi connectivity index (χ2v) is 8.57. The fourth-order valence-electron chi connectivity index (χ4n) is 2.79. The van der Waals surface area contributed by atoms with Crippen LogP contribution in [0.2, 0.25) is 0 Å². The molecular formula is C20H19FN2O4S. The first-order valence-corrected chi connectivity index (χ1v) is 10.3. The Labute approximate surface area is 162 Å². The van der Waals surface area contributed by atoms with Gasteiger partial charge in [-0.1, -0.05) is 24.3 Å². The van der Waals surface area contributed by atoms with E-state index < -0.39 is 33.1 Å². The van der Waals surface area contributed by atoms with Crippen LogP contribution < -0.4 is 5.32 Å². The molecule has 1 heterocycles. The average molecular weight is 402 g/mol. The number of aromatic nitrogens is 1. The summed E-state index contributed by atoms with van der Waals surface area (Å²) in [5.41, 5.74) is 2.86. The van der Waals surface area contributed by atoms with Gasteiger partial charge in [-0.3, -0.25) is 4.79 Å². The number of hydrogen-bond acceptors (Lipinski definition) is 5. The van der Waals surface area contributed by atoms with E-state index in [1.54, 1.807) is 6.07 Å². The summed E-state index contributed by atoms with van der Waals surface area (Å²) in [7, 11) is -3.77. The summed E-state index contributed by atoms with van der Waals surface area (Å²) in [5.74, 6) is -2.08. The van der Waals surface area contributed by atoms with E-state index in [1.165, 1.54) is 24.5 Å². The Morgan fingerprint density at radius 1 is 1.14 bits per heavy atom. The zero-order valence-corrected chi connectivity index (χ0v) is 16.2. The zero-order chi connectivity index (χ0) is 20.3. The van der Waals surface area contributed by atoms with Crippen molar-refractivity contribution >= 4 is 21.4 Å². The molecule has 1 amide bonds. The second kappa shape index (κ2) is 7.93. The van der Waals surface area contributed by atoms with E-state index in [2.05, 4.69) is 10.3 Å². The number of hydrogen-bond donors (Lipinski definition) is 1. The Morgan fingerprint density at radius 2 is 1.82 bits per heavy atom. The van der Waals surface area contributed by atoms with Gasteiger partial charge < -0.3 is 9.73 Å². The van der Waals surface area contributed by atoms with Gasteiger partial charge in [0.2, 0.25) is 11.8 Å². The van der Waals surface area contributed by atoms with Crippen LogP contribution in [-0.2, 0) is 20.4 Å². The minimum Gasteiger partial charge on any atom is -0.444 e. The standard InChI is InChI=1S/C20H19FN2O4S/c1-13-5-3-6-14(2)19(13)23-18(24)12-28(25,26)11-17-10-27-20(22-17)15-7-4-8-16(21)9-15/h3-10H,11-12H2,1-2H3,(H,23,24). The second-order valence-electron chi connectivity index (χ2n) is 6.50. The maximum Gasteiger partial charge on any atom is 0.239 e. The molecule has 0 saturated heterocycles. The van der Waals surface area contributed by atoms with Crippen molar-refractivity contribution in [3.8, 4) is 11.5 Å². The number of benzene rings is 2. The molecule has 0 atom stereocenters. The van der Waals surface area contributed by atoms with Gasteiger partial charge in [-0.05, 0) is 43.2 Å². The lowest BCUT2D eigenvalue weighted by Crippen LogP contribution is -2.24. The number of carbonyl (C=O) groups excluding carboxylic acids is 1. The molecule has 0 radical (unpaired) electrons. The first-order valence-electron chi connectivity index (χ1n) is 8.50. The van der Waals surface area contributed by atoms with Crippen LogP contribution in [0.25, 0.3) is 11.5 Å². The third kappa shape index (κ3) is 4.83. The molecule has 0 saturated carbocycles. The molecule has 0 aliphatic rings. The van der Waals surface area contributed by atoms with Crippen LogP contribution in [0.15, 0.2) is 53.1 Å². The van der Waals surface area contributed by atoms with Crippen molar-refractivity contribution in [1.82, 2.24) is 4.98 Å². The molecule has 28 heavy (non-hydrogen) atoms. The predicted octanol–water partition coefficient (Wildman–Crippen LogP) is 3.65. The van der Waals surface area contributed by atoms with Crippen LogP contribution in [0.1, 0.15) is 16.8 Å². The molecule has 0 unspecified atom stereocenters. The summed E-state index contributed by atoms with van der Waals surface area (Å²) < 4.78 is 43.3.